The van der Waals surface area contributed by atoms with E-state index in [0.29, 0.717) is 17.3 Å². The maximum absolute atomic E-state index is 5.37. The van der Waals surface area contributed by atoms with Gasteiger partial charge >= 0.3 is 0 Å². The first kappa shape index (κ1) is 12.6. The molecule has 94 valence electrons. The van der Waals surface area contributed by atoms with Crippen LogP contribution in [0.15, 0.2) is 12.3 Å². The van der Waals surface area contributed by atoms with Gasteiger partial charge in [-0.05, 0) is 25.7 Å². The Morgan fingerprint density at radius 1 is 1.53 bits per heavy atom. The van der Waals surface area contributed by atoms with Gasteiger partial charge in [0.1, 0.15) is 0 Å². The third-order valence-electron chi connectivity index (χ3n) is 2.96. The van der Waals surface area contributed by atoms with Gasteiger partial charge in [-0.25, -0.2) is 4.98 Å². The summed E-state index contributed by atoms with van der Waals surface area (Å²) in [6, 6.07) is 1.79. The first-order valence-corrected chi connectivity index (χ1v) is 6.91. The Kier molecular flexibility index (Phi) is 4.20. The van der Waals surface area contributed by atoms with Crippen LogP contribution in [0.2, 0.25) is 0 Å². The number of nitrogens with zero attached hydrogens (tertiary/aromatic N) is 3. The molecule has 0 unspecified atom stereocenters. The predicted octanol–water partition coefficient (Wildman–Crippen LogP) is 2.49. The van der Waals surface area contributed by atoms with Crippen LogP contribution in [0.25, 0.3) is 0 Å². The molecule has 0 radical (unpaired) electrons. The number of alkyl halides is 1. The monoisotopic (exact) mass is 299 g/mol. The lowest BCUT2D eigenvalue weighted by molar-refractivity contribution is 0.323. The fourth-order valence-corrected chi connectivity index (χ4v) is 3.07. The minimum atomic E-state index is 0.633. The second-order valence-electron chi connectivity index (χ2n) is 4.44. The van der Waals surface area contributed by atoms with E-state index in [1.165, 1.54) is 12.8 Å². The molecule has 1 aromatic rings. The van der Waals surface area contributed by atoms with Crippen molar-refractivity contribution in [2.24, 2.45) is 5.92 Å². The van der Waals surface area contributed by atoms with E-state index in [-0.39, 0.29) is 0 Å². The van der Waals surface area contributed by atoms with E-state index in [4.69, 9.17) is 4.74 Å². The van der Waals surface area contributed by atoms with E-state index < -0.39 is 0 Å². The van der Waals surface area contributed by atoms with Gasteiger partial charge in [0.25, 0.3) is 0 Å². The Morgan fingerprint density at radius 2 is 2.29 bits per heavy atom. The number of hydrogen-bond donors (Lipinski definition) is 0. The highest BCUT2D eigenvalue weighted by Gasteiger charge is 2.28. The summed E-state index contributed by atoms with van der Waals surface area (Å²) >= 11 is 3.61. The molecule has 1 heterocycles. The molecule has 17 heavy (non-hydrogen) atoms. The normalized spacial score (nSPS) is 23.0. The molecule has 1 fully saturated rings. The maximum atomic E-state index is 5.37. The topological polar surface area (TPSA) is 38.2 Å². The van der Waals surface area contributed by atoms with Gasteiger partial charge in [0.05, 0.1) is 6.61 Å². The Morgan fingerprint density at radius 3 is 2.94 bits per heavy atom. The van der Waals surface area contributed by atoms with Crippen molar-refractivity contribution in [3.05, 3.63) is 12.3 Å². The van der Waals surface area contributed by atoms with Crippen molar-refractivity contribution in [1.82, 2.24) is 9.97 Å². The summed E-state index contributed by atoms with van der Waals surface area (Å²) in [5, 5.41) is 0. The molecule has 0 atom stereocenters. The smallest absolute Gasteiger partial charge is 0.228 e. The number of halogens is 1. The third-order valence-corrected chi connectivity index (χ3v) is 3.71. The van der Waals surface area contributed by atoms with E-state index in [2.05, 4.69) is 30.8 Å². The summed E-state index contributed by atoms with van der Waals surface area (Å²) in [5.74, 6) is 2.15. The highest BCUT2D eigenvalue weighted by Crippen LogP contribution is 2.34. The van der Waals surface area contributed by atoms with Crippen molar-refractivity contribution in [3.63, 3.8) is 0 Å². The predicted molar refractivity (Wildman–Crippen MR) is 71.9 cm³/mol. The summed E-state index contributed by atoms with van der Waals surface area (Å²) in [6.45, 7) is 3.60. The summed E-state index contributed by atoms with van der Waals surface area (Å²) in [5.41, 5.74) is 0. The molecule has 2 rings (SSSR count). The summed E-state index contributed by atoms with van der Waals surface area (Å²) in [7, 11) is 2.03. The van der Waals surface area contributed by atoms with Crippen LogP contribution < -0.4 is 9.64 Å². The van der Waals surface area contributed by atoms with Crippen LogP contribution in [0.3, 0.4) is 0 Å². The zero-order valence-electron chi connectivity index (χ0n) is 10.3. The van der Waals surface area contributed by atoms with Crippen molar-refractivity contribution in [3.8, 4) is 5.88 Å². The van der Waals surface area contributed by atoms with E-state index in [1.54, 1.807) is 12.3 Å². The minimum Gasteiger partial charge on any atom is -0.478 e. The Bertz CT molecular complexity index is 369. The highest BCUT2D eigenvalue weighted by atomic mass is 79.9. The Balaban J connectivity index is 1.93. The lowest BCUT2D eigenvalue weighted by Crippen LogP contribution is -2.35. The molecular weight excluding hydrogens is 282 g/mol. The molecule has 0 aliphatic heterocycles. The van der Waals surface area contributed by atoms with Gasteiger partial charge in [-0.1, -0.05) is 15.9 Å². The molecule has 4 nitrogen and oxygen atoms in total. The van der Waals surface area contributed by atoms with Crippen LogP contribution >= 0.6 is 15.9 Å². The number of ether oxygens (including phenoxy) is 1. The molecule has 0 spiro atoms. The van der Waals surface area contributed by atoms with Crippen molar-refractivity contribution in [1.29, 1.82) is 0 Å². The molecule has 1 aliphatic carbocycles. The van der Waals surface area contributed by atoms with Crippen molar-refractivity contribution >= 4 is 21.9 Å². The van der Waals surface area contributed by atoms with Gasteiger partial charge in [0, 0.05) is 30.7 Å². The second kappa shape index (κ2) is 5.67. The third kappa shape index (κ3) is 3.31. The lowest BCUT2D eigenvalue weighted by atomic mass is 9.85. The number of aromatic nitrogens is 2. The SMILES string of the molecule is CCOc1ccnc(N(C)CC2CC(Br)C2)n1. The molecule has 1 aliphatic rings. The van der Waals surface area contributed by atoms with Gasteiger partial charge in [-0.3, -0.25) is 0 Å². The van der Waals surface area contributed by atoms with Gasteiger partial charge < -0.3 is 9.64 Å². The number of rotatable bonds is 5. The van der Waals surface area contributed by atoms with E-state index in [9.17, 15) is 0 Å². The summed E-state index contributed by atoms with van der Waals surface area (Å²) in [4.78, 5) is 11.5. The van der Waals surface area contributed by atoms with E-state index in [0.717, 1.165) is 18.4 Å². The second-order valence-corrected chi connectivity index (χ2v) is 5.74. The van der Waals surface area contributed by atoms with Gasteiger partial charge in [-0.15, -0.1) is 0 Å². The first-order valence-electron chi connectivity index (χ1n) is 6.00. The van der Waals surface area contributed by atoms with Gasteiger partial charge in [-0.2, -0.15) is 4.98 Å². The first-order chi connectivity index (χ1) is 8.19. The molecule has 0 N–H and O–H groups in total. The summed E-state index contributed by atoms with van der Waals surface area (Å²) < 4.78 is 5.37. The fraction of sp³-hybridized carbons (Fsp3) is 0.667. The molecule has 0 amide bonds. The zero-order chi connectivity index (χ0) is 12.3. The van der Waals surface area contributed by atoms with Crippen molar-refractivity contribution in [2.45, 2.75) is 24.6 Å². The number of hydrogen-bond acceptors (Lipinski definition) is 4. The largest absolute Gasteiger partial charge is 0.478 e. The molecular formula is C12H18BrN3O. The molecule has 1 aromatic heterocycles. The highest BCUT2D eigenvalue weighted by molar-refractivity contribution is 9.09. The van der Waals surface area contributed by atoms with Crippen LogP contribution in [0.5, 0.6) is 5.88 Å². The van der Waals surface area contributed by atoms with Gasteiger partial charge in [0.2, 0.25) is 11.8 Å². The molecule has 5 heteroatoms. The van der Waals surface area contributed by atoms with Crippen molar-refractivity contribution < 1.29 is 4.74 Å². The van der Waals surface area contributed by atoms with Crippen LogP contribution in [-0.2, 0) is 0 Å². The lowest BCUT2D eigenvalue weighted by Gasteiger charge is -2.34. The fourth-order valence-electron chi connectivity index (χ4n) is 2.02. The minimum absolute atomic E-state index is 0.633. The average molecular weight is 300 g/mol. The quantitative estimate of drug-likeness (QED) is 0.783. The van der Waals surface area contributed by atoms with E-state index in [1.807, 2.05) is 14.0 Å². The molecule has 0 aromatic carbocycles. The van der Waals surface area contributed by atoms with Gasteiger partial charge in [0.15, 0.2) is 0 Å². The molecule has 0 bridgehead atoms. The maximum Gasteiger partial charge on any atom is 0.228 e. The Labute approximate surface area is 111 Å². The molecule has 0 saturated heterocycles. The Hall–Kier alpha value is -0.840. The van der Waals surface area contributed by atoms with Crippen LogP contribution in [-0.4, -0.2) is 35.0 Å². The van der Waals surface area contributed by atoms with Crippen LogP contribution in [0, 0.1) is 5.92 Å². The number of anilines is 1. The van der Waals surface area contributed by atoms with E-state index >= 15 is 0 Å². The summed E-state index contributed by atoms with van der Waals surface area (Å²) in [6.07, 6.45) is 4.24. The zero-order valence-corrected chi connectivity index (χ0v) is 11.9. The van der Waals surface area contributed by atoms with Crippen LogP contribution in [0.4, 0.5) is 5.95 Å². The van der Waals surface area contributed by atoms with Crippen LogP contribution in [0.1, 0.15) is 19.8 Å². The molecule has 1 saturated carbocycles. The standard InChI is InChI=1S/C12H18BrN3O/c1-3-17-11-4-5-14-12(15-11)16(2)8-9-6-10(13)7-9/h4-5,9-10H,3,6-8H2,1-2H3. The average Bonchev–Trinajstić information content (AvgIpc) is 2.28. The van der Waals surface area contributed by atoms with Crippen molar-refractivity contribution in [2.75, 3.05) is 25.1 Å².